The highest BCUT2D eigenvalue weighted by molar-refractivity contribution is 5.92. The van der Waals surface area contributed by atoms with Crippen LogP contribution in [-0.4, -0.2) is 43.8 Å². The fraction of sp³-hybridized carbons (Fsp3) is 0.136. The minimum atomic E-state index is -1.01. The maximum absolute atomic E-state index is 11.8. The third kappa shape index (κ3) is 4.81. The van der Waals surface area contributed by atoms with E-state index in [1.807, 2.05) is 24.3 Å². The van der Waals surface area contributed by atoms with Crippen molar-refractivity contribution >= 4 is 40.2 Å². The fourth-order valence-corrected chi connectivity index (χ4v) is 3.00. The van der Waals surface area contributed by atoms with Gasteiger partial charge in [0.25, 0.3) is 0 Å². The molecule has 10 nitrogen and oxygen atoms in total. The van der Waals surface area contributed by atoms with Crippen molar-refractivity contribution < 1.29 is 19.4 Å². The Kier molecular flexibility index (Phi) is 5.93. The number of aliphatic carboxylic acids is 1. The van der Waals surface area contributed by atoms with Crippen molar-refractivity contribution in [1.82, 2.24) is 19.7 Å². The molecule has 0 aliphatic rings. The zero-order valence-electron chi connectivity index (χ0n) is 17.1. The molecule has 0 saturated heterocycles. The van der Waals surface area contributed by atoms with Gasteiger partial charge in [-0.2, -0.15) is 10.1 Å². The Balaban J connectivity index is 1.48. The monoisotopic (exact) mass is 432 g/mol. The molecule has 4 rings (SSSR count). The molecule has 0 bridgehead atoms. The summed E-state index contributed by atoms with van der Waals surface area (Å²) < 4.78 is 6.92. The molecule has 0 atom stereocenters. The molecule has 0 aliphatic heterocycles. The second-order valence-electron chi connectivity index (χ2n) is 6.87. The van der Waals surface area contributed by atoms with Gasteiger partial charge < -0.3 is 20.5 Å². The fourth-order valence-electron chi connectivity index (χ4n) is 3.00. The molecule has 10 heteroatoms. The summed E-state index contributed by atoms with van der Waals surface area (Å²) in [6, 6.07) is 14.4. The quantitative estimate of drug-likeness (QED) is 0.386. The summed E-state index contributed by atoms with van der Waals surface area (Å²) >= 11 is 0. The van der Waals surface area contributed by atoms with Crippen LogP contribution in [0.3, 0.4) is 0 Å². The van der Waals surface area contributed by atoms with E-state index in [4.69, 9.17) is 9.84 Å². The first-order valence-corrected chi connectivity index (χ1v) is 9.76. The van der Waals surface area contributed by atoms with E-state index in [9.17, 15) is 9.59 Å². The van der Waals surface area contributed by atoms with Crippen molar-refractivity contribution in [2.75, 3.05) is 17.7 Å². The molecule has 0 aliphatic carbocycles. The minimum Gasteiger partial charge on any atom is -0.497 e. The number of carboxylic acid groups (broad SMARTS) is 1. The topological polar surface area (TPSA) is 131 Å². The molecule has 2 heterocycles. The summed E-state index contributed by atoms with van der Waals surface area (Å²) in [5.41, 5.74) is 2.78. The SMILES string of the molecule is COc1ccc(-n2ncc3cnc(Nc4ccc(NC(=O)CCC(=O)O)cc4)nc32)cc1. The molecule has 0 fully saturated rings. The number of methoxy groups -OCH3 is 1. The average Bonchev–Trinajstić information content (AvgIpc) is 3.22. The normalized spacial score (nSPS) is 10.7. The minimum absolute atomic E-state index is 0.0783. The van der Waals surface area contributed by atoms with Crippen LogP contribution in [0.4, 0.5) is 17.3 Å². The molecule has 0 unspecified atom stereocenters. The largest absolute Gasteiger partial charge is 0.497 e. The Hall–Kier alpha value is -4.47. The van der Waals surface area contributed by atoms with Gasteiger partial charge in [0.2, 0.25) is 11.9 Å². The molecule has 1 amide bonds. The molecule has 0 saturated carbocycles. The predicted octanol–water partition coefficient (Wildman–Crippen LogP) is 3.37. The van der Waals surface area contributed by atoms with Gasteiger partial charge in [0, 0.05) is 24.0 Å². The van der Waals surface area contributed by atoms with Gasteiger partial charge in [0.15, 0.2) is 5.65 Å². The second kappa shape index (κ2) is 9.13. The Labute approximate surface area is 182 Å². The highest BCUT2D eigenvalue weighted by Gasteiger charge is 2.10. The number of carbonyl (C=O) groups excluding carboxylic acids is 1. The molecule has 0 radical (unpaired) electrons. The van der Waals surface area contributed by atoms with Crippen molar-refractivity contribution in [1.29, 1.82) is 0 Å². The number of anilines is 3. The van der Waals surface area contributed by atoms with E-state index in [0.717, 1.165) is 22.5 Å². The van der Waals surface area contributed by atoms with Gasteiger partial charge in [-0.1, -0.05) is 0 Å². The lowest BCUT2D eigenvalue weighted by Crippen LogP contribution is -2.13. The van der Waals surface area contributed by atoms with E-state index < -0.39 is 5.97 Å². The lowest BCUT2D eigenvalue weighted by Gasteiger charge is -2.08. The molecule has 0 spiro atoms. The van der Waals surface area contributed by atoms with Crippen molar-refractivity contribution in [3.8, 4) is 11.4 Å². The lowest BCUT2D eigenvalue weighted by atomic mass is 10.2. The van der Waals surface area contributed by atoms with E-state index in [2.05, 4.69) is 25.7 Å². The first-order valence-electron chi connectivity index (χ1n) is 9.76. The Morgan fingerprint density at radius 3 is 2.41 bits per heavy atom. The van der Waals surface area contributed by atoms with Crippen LogP contribution >= 0.6 is 0 Å². The number of nitrogens with zero attached hydrogens (tertiary/aromatic N) is 4. The van der Waals surface area contributed by atoms with Crippen LogP contribution in [0.1, 0.15) is 12.8 Å². The van der Waals surface area contributed by atoms with Gasteiger partial charge in [-0.25, -0.2) is 9.67 Å². The van der Waals surface area contributed by atoms with Crippen molar-refractivity contribution in [2.45, 2.75) is 12.8 Å². The third-order valence-electron chi connectivity index (χ3n) is 4.62. The van der Waals surface area contributed by atoms with Crippen LogP contribution in [0.25, 0.3) is 16.7 Å². The number of aromatic nitrogens is 4. The van der Waals surface area contributed by atoms with Crippen LogP contribution < -0.4 is 15.4 Å². The van der Waals surface area contributed by atoms with E-state index in [1.54, 1.807) is 48.5 Å². The van der Waals surface area contributed by atoms with Crippen LogP contribution in [0.15, 0.2) is 60.9 Å². The zero-order valence-corrected chi connectivity index (χ0v) is 17.1. The first kappa shape index (κ1) is 20.8. The standard InChI is InChI=1S/C22H20N6O4/c1-32-18-8-6-17(7-9-18)28-21-14(13-24-28)12-23-22(27-21)26-16-4-2-15(3-5-16)25-19(29)10-11-20(30)31/h2-9,12-13H,10-11H2,1H3,(H,25,29)(H,30,31)(H,23,26,27). The molecule has 3 N–H and O–H groups in total. The molecular weight excluding hydrogens is 412 g/mol. The molecular formula is C22H20N6O4. The summed E-state index contributed by atoms with van der Waals surface area (Å²) in [6.45, 7) is 0. The first-order chi connectivity index (χ1) is 15.5. The number of fused-ring (bicyclic) bond motifs is 1. The van der Waals surface area contributed by atoms with Gasteiger partial charge in [-0.15, -0.1) is 0 Å². The number of benzene rings is 2. The number of nitrogens with one attached hydrogen (secondary N) is 2. The van der Waals surface area contributed by atoms with Crippen molar-refractivity contribution in [2.24, 2.45) is 0 Å². The molecule has 2 aromatic carbocycles. The number of rotatable bonds is 8. The molecule has 32 heavy (non-hydrogen) atoms. The van der Waals surface area contributed by atoms with Crippen LogP contribution in [-0.2, 0) is 9.59 Å². The number of hydrogen-bond donors (Lipinski definition) is 3. The lowest BCUT2D eigenvalue weighted by molar-refractivity contribution is -0.138. The second-order valence-corrected chi connectivity index (χ2v) is 6.87. The summed E-state index contributed by atoms with van der Waals surface area (Å²) in [5, 5.41) is 19.6. The van der Waals surface area contributed by atoms with E-state index in [0.29, 0.717) is 17.3 Å². The van der Waals surface area contributed by atoms with Gasteiger partial charge >= 0.3 is 5.97 Å². The maximum atomic E-state index is 11.8. The average molecular weight is 432 g/mol. The summed E-state index contributed by atoms with van der Waals surface area (Å²) in [4.78, 5) is 31.2. The highest BCUT2D eigenvalue weighted by Crippen LogP contribution is 2.22. The molecule has 2 aromatic heterocycles. The van der Waals surface area contributed by atoms with Gasteiger partial charge in [-0.05, 0) is 48.5 Å². The van der Waals surface area contributed by atoms with E-state index in [1.165, 1.54) is 0 Å². The third-order valence-corrected chi connectivity index (χ3v) is 4.62. The van der Waals surface area contributed by atoms with E-state index in [-0.39, 0.29) is 18.7 Å². The van der Waals surface area contributed by atoms with Gasteiger partial charge in [0.1, 0.15) is 5.75 Å². The van der Waals surface area contributed by atoms with Crippen LogP contribution in [0.5, 0.6) is 5.75 Å². The Morgan fingerprint density at radius 2 is 1.72 bits per heavy atom. The predicted molar refractivity (Wildman–Crippen MR) is 118 cm³/mol. The number of carbonyl (C=O) groups is 2. The number of amides is 1. The zero-order chi connectivity index (χ0) is 22.5. The maximum Gasteiger partial charge on any atom is 0.303 e. The summed E-state index contributed by atoms with van der Waals surface area (Å²) in [6.07, 6.45) is 3.10. The van der Waals surface area contributed by atoms with Crippen molar-refractivity contribution in [3.63, 3.8) is 0 Å². The number of hydrogen-bond acceptors (Lipinski definition) is 7. The summed E-state index contributed by atoms with van der Waals surface area (Å²) in [5.74, 6) is -0.214. The molecule has 162 valence electrons. The highest BCUT2D eigenvalue weighted by atomic mass is 16.5. The van der Waals surface area contributed by atoms with Gasteiger partial charge in [-0.3, -0.25) is 9.59 Å². The molecule has 4 aromatic rings. The summed E-state index contributed by atoms with van der Waals surface area (Å²) in [7, 11) is 1.61. The number of carboxylic acids is 1. The van der Waals surface area contributed by atoms with E-state index >= 15 is 0 Å². The number of ether oxygens (including phenoxy) is 1. The van der Waals surface area contributed by atoms with Gasteiger partial charge in [0.05, 0.1) is 30.8 Å². The van der Waals surface area contributed by atoms with Crippen LogP contribution in [0.2, 0.25) is 0 Å². The van der Waals surface area contributed by atoms with Crippen LogP contribution in [0, 0.1) is 0 Å². The Bertz CT molecular complexity index is 1250. The smallest absolute Gasteiger partial charge is 0.303 e. The Morgan fingerprint density at radius 1 is 1.00 bits per heavy atom. The van der Waals surface area contributed by atoms with Crippen molar-refractivity contribution in [3.05, 3.63) is 60.9 Å².